The fraction of sp³-hybridized carbons (Fsp3) is 0.500. The van der Waals surface area contributed by atoms with Crippen LogP contribution in [0.4, 0.5) is 0 Å². The maximum atomic E-state index is 12.8. The number of fused-ring (bicyclic) bond motifs is 2. The summed E-state index contributed by atoms with van der Waals surface area (Å²) in [6.45, 7) is 21.3. The second-order valence-corrected chi connectivity index (χ2v) is 15.3. The van der Waals surface area contributed by atoms with E-state index in [1.165, 1.54) is 0 Å². The molecule has 0 saturated carbocycles. The van der Waals surface area contributed by atoms with Crippen molar-refractivity contribution in [2.24, 2.45) is 11.8 Å². The van der Waals surface area contributed by atoms with Crippen LogP contribution in [0, 0.1) is 11.8 Å². The van der Waals surface area contributed by atoms with Gasteiger partial charge in [0.15, 0.2) is 11.4 Å². The third-order valence-electron chi connectivity index (χ3n) is 9.72. The quantitative estimate of drug-likeness (QED) is 0.155. The average Bonchev–Trinajstić information content (AvgIpc) is 3.71. The van der Waals surface area contributed by atoms with Crippen LogP contribution in [-0.2, 0) is 26.2 Å². The number of carbonyl (C=O) groups is 2. The number of nitrogens with one attached hydrogen (secondary N) is 2. The van der Waals surface area contributed by atoms with Gasteiger partial charge in [-0.25, -0.2) is 9.97 Å². The van der Waals surface area contributed by atoms with Crippen molar-refractivity contribution in [3.05, 3.63) is 81.4 Å². The molecule has 0 spiro atoms. The van der Waals surface area contributed by atoms with Crippen molar-refractivity contribution >= 4 is 35.0 Å². The second kappa shape index (κ2) is 18.4. The van der Waals surface area contributed by atoms with Gasteiger partial charge in [0.05, 0.1) is 11.4 Å². The zero-order valence-corrected chi connectivity index (χ0v) is 33.0. The number of rotatable bonds is 12. The summed E-state index contributed by atoms with van der Waals surface area (Å²) < 4.78 is 4.37. The molecule has 0 bridgehead atoms. The van der Waals surface area contributed by atoms with Crippen LogP contribution in [0.15, 0.2) is 48.5 Å². The van der Waals surface area contributed by atoms with Crippen molar-refractivity contribution in [3.63, 3.8) is 0 Å². The molecule has 6 rings (SSSR count). The van der Waals surface area contributed by atoms with E-state index in [0.717, 1.165) is 99.4 Å². The predicted molar refractivity (Wildman–Crippen MR) is 211 cm³/mol. The van der Waals surface area contributed by atoms with Crippen molar-refractivity contribution in [3.8, 4) is 22.8 Å². The molecule has 4 aromatic rings. The number of halogens is 2. The molecule has 280 valence electrons. The van der Waals surface area contributed by atoms with Gasteiger partial charge in [-0.2, -0.15) is 0 Å². The molecule has 2 amide bonds. The first kappa shape index (κ1) is 39.5. The van der Waals surface area contributed by atoms with Gasteiger partial charge in [0.2, 0.25) is 0 Å². The lowest BCUT2D eigenvalue weighted by Gasteiger charge is -2.28. The first-order valence-corrected chi connectivity index (χ1v) is 19.5. The van der Waals surface area contributed by atoms with E-state index in [-0.39, 0.29) is 11.8 Å². The lowest BCUT2D eigenvalue weighted by molar-refractivity contribution is 0.0935. The Hall–Kier alpha value is -3.70. The van der Waals surface area contributed by atoms with Crippen LogP contribution in [0.5, 0.6) is 0 Å². The number of amides is 2. The van der Waals surface area contributed by atoms with Gasteiger partial charge in [0, 0.05) is 73.5 Å². The summed E-state index contributed by atoms with van der Waals surface area (Å²) in [5, 5.41) is 7.46. The number of nitrogens with zero attached hydrogens (tertiary/aromatic N) is 6. The van der Waals surface area contributed by atoms with Crippen LogP contribution >= 0.6 is 23.2 Å². The lowest BCUT2D eigenvalue weighted by Crippen LogP contribution is -2.35. The predicted octanol–water partition coefficient (Wildman–Crippen LogP) is 7.63. The molecular formula is C40H54Cl2N8O2. The Balaban J connectivity index is 0.000000201. The van der Waals surface area contributed by atoms with Crippen LogP contribution < -0.4 is 10.6 Å². The molecule has 0 fully saturated rings. The number of carbonyl (C=O) groups excluding carboxylic acids is 2. The van der Waals surface area contributed by atoms with E-state index in [0.29, 0.717) is 46.4 Å². The smallest absolute Gasteiger partial charge is 0.271 e. The highest BCUT2D eigenvalue weighted by Crippen LogP contribution is 2.29. The standard InChI is InChI=1S/2C20H27ClN4O/c2*1-4-24-11-12-25-17(13-24)18(20(26)22-10-9-14(2)3)23-19(25)15-5-7-16(21)8-6-15/h2*5-8,14H,4,9-13H2,1-3H3,(H,22,26). The Bertz CT molecular complexity index is 1670. The SMILES string of the molecule is CCN1CCn2c(-c3ccc(Cl)cc3)nc(C(=O)NCCC(C)C)c2C1.CCN1CCn2c(-c3ccc(Cl)cc3)nc(C(=O)NCCC(C)C)c2C1. The van der Waals surface area contributed by atoms with E-state index in [1.807, 2.05) is 48.5 Å². The van der Waals surface area contributed by atoms with Crippen LogP contribution in [0.1, 0.15) is 86.7 Å². The first-order chi connectivity index (χ1) is 25.0. The number of aromatic nitrogens is 4. The minimum Gasteiger partial charge on any atom is -0.351 e. The summed E-state index contributed by atoms with van der Waals surface area (Å²) in [6, 6.07) is 15.3. The molecule has 2 aliphatic heterocycles. The van der Waals surface area contributed by atoms with E-state index >= 15 is 0 Å². The van der Waals surface area contributed by atoms with E-state index < -0.39 is 0 Å². The van der Waals surface area contributed by atoms with Crippen molar-refractivity contribution in [2.75, 3.05) is 39.3 Å². The molecule has 0 radical (unpaired) electrons. The van der Waals surface area contributed by atoms with E-state index in [1.54, 1.807) is 0 Å². The normalized spacial score (nSPS) is 14.5. The lowest BCUT2D eigenvalue weighted by atomic mass is 10.1. The van der Waals surface area contributed by atoms with E-state index in [2.05, 4.69) is 71.1 Å². The Labute approximate surface area is 318 Å². The molecule has 2 aromatic carbocycles. The summed E-state index contributed by atoms with van der Waals surface area (Å²) in [4.78, 5) is 39.7. The number of hydrogen-bond donors (Lipinski definition) is 2. The first-order valence-electron chi connectivity index (χ1n) is 18.7. The third kappa shape index (κ3) is 9.83. The van der Waals surface area contributed by atoms with Crippen LogP contribution in [0.2, 0.25) is 10.0 Å². The Morgan fingerprint density at radius 3 is 1.33 bits per heavy atom. The van der Waals surface area contributed by atoms with E-state index in [4.69, 9.17) is 33.2 Å². The van der Waals surface area contributed by atoms with Gasteiger partial charge in [0.25, 0.3) is 11.8 Å². The van der Waals surface area contributed by atoms with Gasteiger partial charge >= 0.3 is 0 Å². The molecule has 52 heavy (non-hydrogen) atoms. The maximum Gasteiger partial charge on any atom is 0.271 e. The fourth-order valence-corrected chi connectivity index (χ4v) is 6.75. The molecule has 0 unspecified atom stereocenters. The highest BCUT2D eigenvalue weighted by Gasteiger charge is 2.29. The molecular weight excluding hydrogens is 695 g/mol. The Morgan fingerprint density at radius 1 is 0.635 bits per heavy atom. The topological polar surface area (TPSA) is 100 Å². The summed E-state index contributed by atoms with van der Waals surface area (Å²) in [6.07, 6.45) is 1.93. The number of hydrogen-bond acceptors (Lipinski definition) is 6. The average molecular weight is 750 g/mol. The summed E-state index contributed by atoms with van der Waals surface area (Å²) >= 11 is 12.0. The van der Waals surface area contributed by atoms with Crippen LogP contribution in [0.25, 0.3) is 22.8 Å². The molecule has 2 N–H and O–H groups in total. The zero-order valence-electron chi connectivity index (χ0n) is 31.5. The van der Waals surface area contributed by atoms with Crippen molar-refractivity contribution in [1.82, 2.24) is 39.5 Å². The van der Waals surface area contributed by atoms with Gasteiger partial charge in [-0.05, 0) is 86.3 Å². The summed E-state index contributed by atoms with van der Waals surface area (Å²) in [5.41, 5.74) is 5.09. The third-order valence-corrected chi connectivity index (χ3v) is 10.2. The molecule has 2 aromatic heterocycles. The second-order valence-electron chi connectivity index (χ2n) is 14.4. The van der Waals surface area contributed by atoms with Gasteiger partial charge in [-0.1, -0.05) is 64.7 Å². The van der Waals surface area contributed by atoms with Crippen molar-refractivity contribution < 1.29 is 9.59 Å². The number of benzene rings is 2. The molecule has 4 heterocycles. The summed E-state index contributed by atoms with van der Waals surface area (Å²) in [5.74, 6) is 2.67. The minimum absolute atomic E-state index is 0.0763. The van der Waals surface area contributed by atoms with Gasteiger partial charge in [-0.15, -0.1) is 0 Å². The maximum absolute atomic E-state index is 12.8. The number of likely N-dealkylation sites (N-methyl/N-ethyl adjacent to an activating group) is 2. The Morgan fingerprint density at radius 2 is 1.00 bits per heavy atom. The number of imidazole rings is 2. The Kier molecular flexibility index (Phi) is 14.0. The van der Waals surface area contributed by atoms with Gasteiger partial charge in [0.1, 0.15) is 11.6 Å². The van der Waals surface area contributed by atoms with Gasteiger partial charge < -0.3 is 19.8 Å². The largest absolute Gasteiger partial charge is 0.351 e. The molecule has 0 saturated heterocycles. The molecule has 0 atom stereocenters. The van der Waals surface area contributed by atoms with Crippen LogP contribution in [-0.4, -0.2) is 80.0 Å². The monoisotopic (exact) mass is 748 g/mol. The fourth-order valence-electron chi connectivity index (χ4n) is 6.50. The van der Waals surface area contributed by atoms with Crippen LogP contribution in [0.3, 0.4) is 0 Å². The highest BCUT2D eigenvalue weighted by molar-refractivity contribution is 6.30. The summed E-state index contributed by atoms with van der Waals surface area (Å²) in [7, 11) is 0. The minimum atomic E-state index is -0.0763. The molecule has 2 aliphatic rings. The van der Waals surface area contributed by atoms with Crippen molar-refractivity contribution in [2.45, 2.75) is 80.6 Å². The highest BCUT2D eigenvalue weighted by atomic mass is 35.5. The van der Waals surface area contributed by atoms with Gasteiger partial charge in [-0.3, -0.25) is 19.4 Å². The molecule has 12 heteroatoms. The van der Waals surface area contributed by atoms with Crippen molar-refractivity contribution in [1.29, 1.82) is 0 Å². The zero-order chi connectivity index (χ0) is 37.4. The van der Waals surface area contributed by atoms with E-state index in [9.17, 15) is 9.59 Å². The molecule has 10 nitrogen and oxygen atoms in total. The molecule has 0 aliphatic carbocycles.